The van der Waals surface area contributed by atoms with Crippen molar-refractivity contribution < 1.29 is 5.11 Å². The number of thiophene rings is 1. The molecule has 1 atom stereocenters. The van der Waals surface area contributed by atoms with E-state index in [1.165, 1.54) is 4.88 Å². The number of nitrogens with one attached hydrogen (secondary N) is 1. The number of halogens is 1. The lowest BCUT2D eigenvalue weighted by Crippen LogP contribution is -2.08. The minimum absolute atomic E-state index is 0.243. The quantitative estimate of drug-likeness (QED) is 0.633. The number of hydrogen-bond donors (Lipinski definition) is 2. The fraction of sp³-hybridized carbons (Fsp3) is 0.538. The van der Waals surface area contributed by atoms with Crippen molar-refractivity contribution in [1.82, 2.24) is 9.97 Å². The highest BCUT2D eigenvalue weighted by Gasteiger charge is 2.09. The van der Waals surface area contributed by atoms with E-state index in [-0.39, 0.29) is 11.9 Å². The molecule has 0 aliphatic heterocycles. The number of hydrogen-bond acceptors (Lipinski definition) is 5. The van der Waals surface area contributed by atoms with Crippen molar-refractivity contribution in [2.45, 2.75) is 26.7 Å². The van der Waals surface area contributed by atoms with Gasteiger partial charge in [-0.1, -0.05) is 6.92 Å². The summed E-state index contributed by atoms with van der Waals surface area (Å²) in [6.45, 7) is 5.16. The summed E-state index contributed by atoms with van der Waals surface area (Å²) in [6, 6.07) is 2.08. The summed E-state index contributed by atoms with van der Waals surface area (Å²) in [5.74, 6) is 1.15. The van der Waals surface area contributed by atoms with Crippen molar-refractivity contribution >= 4 is 39.0 Å². The molecule has 2 heterocycles. The Bertz CT molecular complexity index is 558. The Morgan fingerprint density at radius 1 is 1.47 bits per heavy atom. The highest BCUT2D eigenvalue weighted by Crippen LogP contribution is 2.29. The molecule has 0 aliphatic carbocycles. The van der Waals surface area contributed by atoms with Crippen LogP contribution >= 0.6 is 22.9 Å². The predicted octanol–water partition coefficient (Wildman–Crippen LogP) is 3.47. The van der Waals surface area contributed by atoms with Crippen LogP contribution in [0.15, 0.2) is 6.07 Å². The number of anilines is 1. The van der Waals surface area contributed by atoms with Crippen LogP contribution in [0.4, 0.5) is 5.82 Å². The summed E-state index contributed by atoms with van der Waals surface area (Å²) >= 11 is 7.55. The van der Waals surface area contributed by atoms with Gasteiger partial charge in [0, 0.05) is 18.0 Å². The topological polar surface area (TPSA) is 58.0 Å². The average molecular weight is 300 g/mol. The number of rotatable bonds is 6. The van der Waals surface area contributed by atoms with Gasteiger partial charge in [0.25, 0.3) is 0 Å². The monoisotopic (exact) mass is 299 g/mol. The molecule has 0 saturated heterocycles. The number of aliphatic hydroxyl groups is 1. The van der Waals surface area contributed by atoms with Crippen LogP contribution in [0, 0.1) is 12.8 Å². The fourth-order valence-electron chi connectivity index (χ4n) is 1.90. The fourth-order valence-corrected chi connectivity index (χ4v) is 3.00. The first kappa shape index (κ1) is 14.5. The van der Waals surface area contributed by atoms with Gasteiger partial charge in [-0.05, 0) is 43.4 Å². The molecule has 0 bridgehead atoms. The lowest BCUT2D eigenvalue weighted by molar-refractivity contribution is 0.229. The zero-order valence-electron chi connectivity index (χ0n) is 11.1. The van der Waals surface area contributed by atoms with E-state index in [0.29, 0.717) is 5.92 Å². The smallest absolute Gasteiger partial charge is 0.225 e. The van der Waals surface area contributed by atoms with Gasteiger partial charge in [-0.3, -0.25) is 0 Å². The zero-order valence-corrected chi connectivity index (χ0v) is 12.7. The van der Waals surface area contributed by atoms with E-state index in [9.17, 15) is 0 Å². The Morgan fingerprint density at radius 2 is 2.26 bits per heavy atom. The molecular formula is C13H18ClN3OS. The summed E-state index contributed by atoms with van der Waals surface area (Å²) in [5, 5.41) is 13.6. The number of aryl methyl sites for hydroxylation is 1. The van der Waals surface area contributed by atoms with Crippen LogP contribution in [0.1, 0.15) is 24.6 Å². The molecular weight excluding hydrogens is 282 g/mol. The minimum atomic E-state index is 0.243. The molecule has 0 amide bonds. The van der Waals surface area contributed by atoms with E-state index >= 15 is 0 Å². The number of aromatic nitrogens is 2. The van der Waals surface area contributed by atoms with Crippen LogP contribution in [0.2, 0.25) is 5.28 Å². The molecule has 6 heteroatoms. The highest BCUT2D eigenvalue weighted by molar-refractivity contribution is 7.18. The van der Waals surface area contributed by atoms with Gasteiger partial charge in [0.15, 0.2) is 0 Å². The Labute approximate surface area is 121 Å². The molecule has 2 rings (SSSR count). The van der Waals surface area contributed by atoms with Crippen LogP contribution in [0.5, 0.6) is 0 Å². The van der Waals surface area contributed by atoms with E-state index in [4.69, 9.17) is 16.7 Å². The number of fused-ring (bicyclic) bond motifs is 1. The molecule has 1 unspecified atom stereocenters. The number of nitrogens with zero attached hydrogens (tertiary/aromatic N) is 2. The highest BCUT2D eigenvalue weighted by atomic mass is 35.5. The first-order valence-electron chi connectivity index (χ1n) is 6.38. The van der Waals surface area contributed by atoms with E-state index in [0.717, 1.165) is 35.4 Å². The van der Waals surface area contributed by atoms with Crippen LogP contribution in [0.3, 0.4) is 0 Å². The van der Waals surface area contributed by atoms with Crippen LogP contribution < -0.4 is 5.32 Å². The average Bonchev–Trinajstić information content (AvgIpc) is 2.74. The Kier molecular flexibility index (Phi) is 4.96. The van der Waals surface area contributed by atoms with Crippen molar-refractivity contribution in [1.29, 1.82) is 0 Å². The largest absolute Gasteiger partial charge is 0.396 e. The first-order valence-corrected chi connectivity index (χ1v) is 7.58. The van der Waals surface area contributed by atoms with Gasteiger partial charge in [0.2, 0.25) is 5.28 Å². The van der Waals surface area contributed by atoms with Crippen LogP contribution in [-0.2, 0) is 0 Å². The van der Waals surface area contributed by atoms with Crippen molar-refractivity contribution in [2.75, 3.05) is 18.5 Å². The van der Waals surface area contributed by atoms with Gasteiger partial charge in [-0.15, -0.1) is 11.3 Å². The van der Waals surface area contributed by atoms with E-state index < -0.39 is 0 Å². The lowest BCUT2D eigenvalue weighted by atomic mass is 10.1. The van der Waals surface area contributed by atoms with Crippen LogP contribution in [-0.4, -0.2) is 28.2 Å². The summed E-state index contributed by atoms with van der Waals surface area (Å²) in [7, 11) is 0. The molecule has 0 fully saturated rings. The summed E-state index contributed by atoms with van der Waals surface area (Å²) in [4.78, 5) is 10.6. The Hall–Kier alpha value is -0.910. The molecule has 0 aliphatic rings. The van der Waals surface area contributed by atoms with E-state index in [1.54, 1.807) is 11.3 Å². The molecule has 0 radical (unpaired) electrons. The van der Waals surface area contributed by atoms with Gasteiger partial charge in [0.1, 0.15) is 10.6 Å². The van der Waals surface area contributed by atoms with Crippen LogP contribution in [0.25, 0.3) is 10.2 Å². The zero-order chi connectivity index (χ0) is 13.8. The molecule has 2 aromatic rings. The molecule has 2 aromatic heterocycles. The minimum Gasteiger partial charge on any atom is -0.396 e. The standard InChI is InChI=1S/C13H18ClN3OS/c1-8(7-18)4-3-5-15-11-10-6-9(2)19-12(10)17-13(14)16-11/h6,8,18H,3-5,7H2,1-2H3,(H,15,16,17). The third-order valence-corrected chi connectivity index (χ3v) is 4.08. The normalized spacial score (nSPS) is 12.8. The first-order chi connectivity index (χ1) is 9.10. The van der Waals surface area contributed by atoms with Gasteiger partial charge in [-0.25, -0.2) is 9.97 Å². The second-order valence-electron chi connectivity index (χ2n) is 4.77. The van der Waals surface area contributed by atoms with Gasteiger partial charge >= 0.3 is 0 Å². The molecule has 0 aromatic carbocycles. The van der Waals surface area contributed by atoms with Crippen molar-refractivity contribution in [3.63, 3.8) is 0 Å². The molecule has 19 heavy (non-hydrogen) atoms. The van der Waals surface area contributed by atoms with E-state index in [2.05, 4.69) is 21.4 Å². The van der Waals surface area contributed by atoms with Gasteiger partial charge in [-0.2, -0.15) is 0 Å². The molecule has 4 nitrogen and oxygen atoms in total. The van der Waals surface area contributed by atoms with Gasteiger partial charge in [0.05, 0.1) is 5.39 Å². The van der Waals surface area contributed by atoms with Gasteiger partial charge < -0.3 is 10.4 Å². The third-order valence-electron chi connectivity index (χ3n) is 2.97. The molecule has 0 spiro atoms. The maximum Gasteiger partial charge on any atom is 0.225 e. The van der Waals surface area contributed by atoms with Crippen molar-refractivity contribution in [3.05, 3.63) is 16.2 Å². The number of aliphatic hydroxyl groups excluding tert-OH is 1. The maximum atomic E-state index is 8.97. The van der Waals surface area contributed by atoms with E-state index in [1.807, 2.05) is 13.8 Å². The Balaban J connectivity index is 2.03. The molecule has 0 saturated carbocycles. The summed E-state index contributed by atoms with van der Waals surface area (Å²) < 4.78 is 0. The SMILES string of the molecule is Cc1cc2c(NCCCC(C)CO)nc(Cl)nc2s1. The summed E-state index contributed by atoms with van der Waals surface area (Å²) in [6.07, 6.45) is 1.99. The second-order valence-corrected chi connectivity index (χ2v) is 6.35. The predicted molar refractivity (Wildman–Crippen MR) is 81.1 cm³/mol. The Morgan fingerprint density at radius 3 is 3.00 bits per heavy atom. The molecule has 104 valence electrons. The molecule has 2 N–H and O–H groups in total. The second kappa shape index (κ2) is 6.50. The van der Waals surface area contributed by atoms with Crippen molar-refractivity contribution in [3.8, 4) is 0 Å². The maximum absolute atomic E-state index is 8.97. The lowest BCUT2D eigenvalue weighted by Gasteiger charge is -2.09. The summed E-state index contributed by atoms with van der Waals surface area (Å²) in [5.41, 5.74) is 0. The van der Waals surface area contributed by atoms with Crippen molar-refractivity contribution in [2.24, 2.45) is 5.92 Å². The third kappa shape index (κ3) is 3.78.